The molecule has 0 aromatic heterocycles. The molecule has 1 atom stereocenters. The highest BCUT2D eigenvalue weighted by molar-refractivity contribution is 5.98. The Bertz CT molecular complexity index is 1250. The van der Waals surface area contributed by atoms with Crippen LogP contribution in [0, 0.1) is 5.92 Å². The Morgan fingerprint density at radius 3 is 2.22 bits per heavy atom. The second kappa shape index (κ2) is 10.8. The van der Waals surface area contributed by atoms with Crippen LogP contribution in [-0.2, 0) is 0 Å². The van der Waals surface area contributed by atoms with Gasteiger partial charge in [-0.25, -0.2) is 0 Å². The number of alkyl halides is 3. The molecule has 2 N–H and O–H groups in total. The standard InChI is InChI=1S/C29H30F3NO4/c1-18(2)17-33(3)14-15-36-23-11-6-20(7-12-23)28-26(19-4-8-21(34)9-5-19)27(29(30,31)32)24-13-10-22(35)16-25(24)37-28/h4-13,16,18,28,34-35H,14-15,17H2,1-3H3. The minimum atomic E-state index is -4.70. The average Bonchev–Trinajstić information content (AvgIpc) is 2.82. The number of hydrogen-bond donors (Lipinski definition) is 2. The second-order valence-electron chi connectivity index (χ2n) is 9.59. The molecule has 1 aliphatic heterocycles. The minimum absolute atomic E-state index is 0.0583. The number of phenols is 2. The molecule has 0 spiro atoms. The number of rotatable bonds is 8. The SMILES string of the molecule is CC(C)CN(C)CCOc1ccc(C2Oc3cc(O)ccc3C(C(F)(F)F)=C2c2ccc(O)cc2)cc1. The van der Waals surface area contributed by atoms with Gasteiger partial charge in [0.15, 0.2) is 6.10 Å². The summed E-state index contributed by atoms with van der Waals surface area (Å²) >= 11 is 0. The molecule has 37 heavy (non-hydrogen) atoms. The monoisotopic (exact) mass is 513 g/mol. The molecule has 0 fully saturated rings. The summed E-state index contributed by atoms with van der Waals surface area (Å²) in [6, 6.07) is 15.9. The highest BCUT2D eigenvalue weighted by atomic mass is 19.4. The Morgan fingerprint density at radius 2 is 1.59 bits per heavy atom. The molecule has 0 aliphatic carbocycles. The quantitative estimate of drug-likeness (QED) is 0.352. The lowest BCUT2D eigenvalue weighted by molar-refractivity contribution is -0.0695. The van der Waals surface area contributed by atoms with Crippen molar-refractivity contribution >= 4 is 11.1 Å². The molecule has 1 aliphatic rings. The first kappa shape index (κ1) is 26.4. The molecule has 3 aromatic rings. The summed E-state index contributed by atoms with van der Waals surface area (Å²) in [7, 11) is 2.03. The number of allylic oxidation sites excluding steroid dienone is 1. The van der Waals surface area contributed by atoms with E-state index in [1.54, 1.807) is 24.3 Å². The van der Waals surface area contributed by atoms with Gasteiger partial charge >= 0.3 is 6.18 Å². The molecule has 3 aromatic carbocycles. The van der Waals surface area contributed by atoms with E-state index in [-0.39, 0.29) is 33.9 Å². The van der Waals surface area contributed by atoms with Crippen molar-refractivity contribution in [3.05, 3.63) is 83.4 Å². The number of fused-ring (bicyclic) bond motifs is 1. The van der Waals surface area contributed by atoms with E-state index >= 15 is 0 Å². The minimum Gasteiger partial charge on any atom is -0.508 e. The first-order valence-electron chi connectivity index (χ1n) is 12.0. The van der Waals surface area contributed by atoms with E-state index in [0.717, 1.165) is 13.1 Å². The molecule has 8 heteroatoms. The van der Waals surface area contributed by atoms with Gasteiger partial charge in [0.25, 0.3) is 0 Å². The van der Waals surface area contributed by atoms with Gasteiger partial charge in [-0.1, -0.05) is 38.1 Å². The van der Waals surface area contributed by atoms with E-state index in [0.29, 0.717) is 23.8 Å². The number of ether oxygens (including phenoxy) is 2. The van der Waals surface area contributed by atoms with Gasteiger partial charge in [-0.05, 0) is 60.5 Å². The number of likely N-dealkylation sites (N-methyl/N-ethyl adjacent to an activating group) is 1. The van der Waals surface area contributed by atoms with Crippen molar-refractivity contribution in [3.63, 3.8) is 0 Å². The predicted molar refractivity (Wildman–Crippen MR) is 137 cm³/mol. The van der Waals surface area contributed by atoms with Crippen LogP contribution < -0.4 is 9.47 Å². The van der Waals surface area contributed by atoms with Crippen molar-refractivity contribution in [2.24, 2.45) is 5.92 Å². The van der Waals surface area contributed by atoms with Gasteiger partial charge in [0.05, 0.1) is 5.57 Å². The van der Waals surface area contributed by atoms with Gasteiger partial charge in [0, 0.05) is 30.3 Å². The fraction of sp³-hybridized carbons (Fsp3) is 0.310. The van der Waals surface area contributed by atoms with Crippen LogP contribution in [0.25, 0.3) is 11.1 Å². The smallest absolute Gasteiger partial charge is 0.417 e. The Labute approximate surface area is 214 Å². The van der Waals surface area contributed by atoms with Gasteiger partial charge in [-0.2, -0.15) is 13.2 Å². The molecule has 1 unspecified atom stereocenters. The fourth-order valence-electron chi connectivity index (χ4n) is 4.53. The number of aromatic hydroxyl groups is 2. The van der Waals surface area contributed by atoms with Gasteiger partial charge in [0.1, 0.15) is 29.6 Å². The highest BCUT2D eigenvalue weighted by Gasteiger charge is 2.44. The maximum atomic E-state index is 14.5. The second-order valence-corrected chi connectivity index (χ2v) is 9.59. The Balaban J connectivity index is 1.70. The van der Waals surface area contributed by atoms with E-state index in [4.69, 9.17) is 9.47 Å². The lowest BCUT2D eigenvalue weighted by Gasteiger charge is -2.33. The van der Waals surface area contributed by atoms with Crippen LogP contribution in [0.2, 0.25) is 0 Å². The molecule has 0 radical (unpaired) electrons. The molecule has 0 bridgehead atoms. The van der Waals surface area contributed by atoms with Gasteiger partial charge < -0.3 is 24.6 Å². The maximum absolute atomic E-state index is 14.5. The van der Waals surface area contributed by atoms with E-state index < -0.39 is 17.9 Å². The molecule has 0 saturated carbocycles. The third kappa shape index (κ3) is 6.20. The first-order valence-corrected chi connectivity index (χ1v) is 12.0. The number of nitrogens with zero attached hydrogens (tertiary/aromatic N) is 1. The topological polar surface area (TPSA) is 62.2 Å². The summed E-state index contributed by atoms with van der Waals surface area (Å²) in [5.74, 6) is 0.828. The number of hydrogen-bond acceptors (Lipinski definition) is 5. The maximum Gasteiger partial charge on any atom is 0.417 e. The van der Waals surface area contributed by atoms with Crippen LogP contribution in [0.15, 0.2) is 66.7 Å². The molecule has 4 rings (SSSR count). The summed E-state index contributed by atoms with van der Waals surface area (Å²) in [6.45, 7) is 6.47. The first-order chi connectivity index (χ1) is 17.5. The van der Waals surface area contributed by atoms with Gasteiger partial charge in [0.2, 0.25) is 0 Å². The van der Waals surface area contributed by atoms with E-state index in [2.05, 4.69) is 18.7 Å². The summed E-state index contributed by atoms with van der Waals surface area (Å²) in [4.78, 5) is 2.18. The Morgan fingerprint density at radius 1 is 0.946 bits per heavy atom. The number of phenolic OH excluding ortho intramolecular Hbond substituents is 2. The van der Waals surface area contributed by atoms with Crippen LogP contribution in [0.1, 0.15) is 36.6 Å². The molecular formula is C29H30F3NO4. The molecule has 1 heterocycles. The molecular weight excluding hydrogens is 483 g/mol. The summed E-state index contributed by atoms with van der Waals surface area (Å²) in [5, 5.41) is 19.6. The number of benzene rings is 3. The highest BCUT2D eigenvalue weighted by Crippen LogP contribution is 2.53. The predicted octanol–water partition coefficient (Wildman–Crippen LogP) is 6.67. The average molecular weight is 514 g/mol. The zero-order chi connectivity index (χ0) is 26.7. The van der Waals surface area contributed by atoms with Crippen LogP contribution in [0.3, 0.4) is 0 Å². The van der Waals surface area contributed by atoms with Crippen LogP contribution in [-0.4, -0.2) is 48.0 Å². The lowest BCUT2D eigenvalue weighted by atomic mass is 9.85. The third-order valence-corrected chi connectivity index (χ3v) is 6.07. The van der Waals surface area contributed by atoms with Crippen LogP contribution in [0.4, 0.5) is 13.2 Å². The molecule has 196 valence electrons. The Kier molecular flexibility index (Phi) is 7.68. The summed E-state index contributed by atoms with van der Waals surface area (Å²) < 4.78 is 55.5. The summed E-state index contributed by atoms with van der Waals surface area (Å²) in [5.41, 5.74) is -0.326. The van der Waals surface area contributed by atoms with Crippen molar-refractivity contribution in [1.29, 1.82) is 0 Å². The number of halogens is 3. The van der Waals surface area contributed by atoms with Crippen molar-refractivity contribution < 1.29 is 32.9 Å². The zero-order valence-corrected chi connectivity index (χ0v) is 20.9. The Hall–Kier alpha value is -3.65. The normalized spacial score (nSPS) is 15.6. The van der Waals surface area contributed by atoms with Crippen molar-refractivity contribution in [2.75, 3.05) is 26.7 Å². The van der Waals surface area contributed by atoms with Crippen molar-refractivity contribution in [3.8, 4) is 23.0 Å². The van der Waals surface area contributed by atoms with Crippen molar-refractivity contribution in [2.45, 2.75) is 26.1 Å². The van der Waals surface area contributed by atoms with E-state index in [1.807, 2.05) is 7.05 Å². The third-order valence-electron chi connectivity index (χ3n) is 6.07. The molecule has 0 amide bonds. The molecule has 0 saturated heterocycles. The zero-order valence-electron chi connectivity index (χ0n) is 20.9. The lowest BCUT2D eigenvalue weighted by Crippen LogP contribution is -2.27. The van der Waals surface area contributed by atoms with Crippen LogP contribution >= 0.6 is 0 Å². The fourth-order valence-corrected chi connectivity index (χ4v) is 4.53. The summed E-state index contributed by atoms with van der Waals surface area (Å²) in [6.07, 6.45) is -5.81. The molecule has 5 nitrogen and oxygen atoms in total. The van der Waals surface area contributed by atoms with Crippen LogP contribution in [0.5, 0.6) is 23.0 Å². The van der Waals surface area contributed by atoms with Gasteiger partial charge in [-0.3, -0.25) is 0 Å². The largest absolute Gasteiger partial charge is 0.508 e. The van der Waals surface area contributed by atoms with Gasteiger partial charge in [-0.15, -0.1) is 0 Å². The van der Waals surface area contributed by atoms with E-state index in [1.165, 1.54) is 42.5 Å². The van der Waals surface area contributed by atoms with Crippen molar-refractivity contribution in [1.82, 2.24) is 4.90 Å². The van der Waals surface area contributed by atoms with E-state index in [9.17, 15) is 23.4 Å².